The Hall–Kier alpha value is -3.60. The number of amides is 1. The van der Waals surface area contributed by atoms with E-state index in [9.17, 15) is 18.3 Å². The van der Waals surface area contributed by atoms with Crippen LogP contribution < -0.4 is 10.5 Å². The van der Waals surface area contributed by atoms with Crippen LogP contribution in [-0.4, -0.2) is 67.8 Å². The second-order valence-electron chi connectivity index (χ2n) is 8.38. The van der Waals surface area contributed by atoms with Crippen LogP contribution in [0.5, 0.6) is 11.5 Å². The van der Waals surface area contributed by atoms with Gasteiger partial charge in [-0.25, -0.2) is 12.4 Å². The molecule has 3 aromatic rings. The maximum absolute atomic E-state index is 13.0. The number of phenols is 1. The third-order valence-electron chi connectivity index (χ3n) is 5.82. The molecule has 10 heteroatoms. The first-order chi connectivity index (χ1) is 17.3. The van der Waals surface area contributed by atoms with Gasteiger partial charge in [-0.05, 0) is 59.5 Å². The number of phenolic OH excluding ortho intramolecular Hbond substituents is 1. The zero-order valence-electron chi connectivity index (χ0n) is 19.7. The van der Waals surface area contributed by atoms with Gasteiger partial charge in [-0.15, -0.1) is 0 Å². The third kappa shape index (κ3) is 6.34. The molecular formula is C26H29N3O6S. The summed E-state index contributed by atoms with van der Waals surface area (Å²) in [6, 6.07) is 13.4. The van der Waals surface area contributed by atoms with Crippen LogP contribution in [0.2, 0.25) is 0 Å². The fourth-order valence-corrected chi connectivity index (χ4v) is 5.17. The van der Waals surface area contributed by atoms with Gasteiger partial charge in [0.25, 0.3) is 10.0 Å². The lowest BCUT2D eigenvalue weighted by Gasteiger charge is -2.26. The second kappa shape index (κ2) is 11.4. The molecule has 0 atom stereocenters. The fraction of sp³-hybridized carbons (Fsp3) is 0.269. The summed E-state index contributed by atoms with van der Waals surface area (Å²) >= 11 is 0. The molecule has 0 saturated carbocycles. The summed E-state index contributed by atoms with van der Waals surface area (Å²) < 4.78 is 38.1. The van der Waals surface area contributed by atoms with Crippen LogP contribution in [0.4, 0.5) is 0 Å². The molecule has 1 aliphatic rings. The number of ether oxygens (including phenoxy) is 2. The van der Waals surface area contributed by atoms with E-state index in [1.54, 1.807) is 6.07 Å². The Labute approximate surface area is 210 Å². The first-order valence-electron chi connectivity index (χ1n) is 11.6. The van der Waals surface area contributed by atoms with Gasteiger partial charge >= 0.3 is 0 Å². The predicted octanol–water partition coefficient (Wildman–Crippen LogP) is 2.70. The quantitative estimate of drug-likeness (QED) is 0.317. The molecule has 190 valence electrons. The van der Waals surface area contributed by atoms with Gasteiger partial charge in [-0.1, -0.05) is 18.2 Å². The smallest absolute Gasteiger partial charge is 0.271 e. The number of morpholine rings is 1. The van der Waals surface area contributed by atoms with E-state index in [0.717, 1.165) is 60.6 Å². The van der Waals surface area contributed by atoms with Crippen molar-refractivity contribution < 1.29 is 27.8 Å². The number of nitrogens with zero attached hydrogens (tertiary/aromatic N) is 2. The van der Waals surface area contributed by atoms with E-state index in [0.29, 0.717) is 17.7 Å². The third-order valence-corrected chi connectivity index (χ3v) is 7.51. The Bertz CT molecular complexity index is 1330. The lowest BCUT2D eigenvalue weighted by Crippen LogP contribution is -2.37. The van der Waals surface area contributed by atoms with Crippen molar-refractivity contribution in [2.75, 3.05) is 39.5 Å². The highest BCUT2D eigenvalue weighted by Gasteiger charge is 2.21. The van der Waals surface area contributed by atoms with Crippen molar-refractivity contribution in [2.45, 2.75) is 11.3 Å². The van der Waals surface area contributed by atoms with Crippen LogP contribution in [0.25, 0.3) is 17.2 Å². The molecule has 2 heterocycles. The molecule has 0 aliphatic carbocycles. The minimum atomic E-state index is -4.03. The molecule has 1 fully saturated rings. The van der Waals surface area contributed by atoms with Crippen molar-refractivity contribution in [1.82, 2.24) is 8.87 Å². The summed E-state index contributed by atoms with van der Waals surface area (Å²) in [7, 11) is -4.03. The van der Waals surface area contributed by atoms with Crippen molar-refractivity contribution in [3.63, 3.8) is 0 Å². The van der Waals surface area contributed by atoms with E-state index in [4.69, 9.17) is 15.2 Å². The van der Waals surface area contributed by atoms with Crippen LogP contribution in [-0.2, 0) is 19.6 Å². The number of hydrogen-bond donors (Lipinski definition) is 2. The highest BCUT2D eigenvalue weighted by Crippen LogP contribution is 2.31. The van der Waals surface area contributed by atoms with Gasteiger partial charge in [0.05, 0.1) is 19.8 Å². The predicted molar refractivity (Wildman–Crippen MR) is 136 cm³/mol. The number of aromatic nitrogens is 1. The first-order valence-corrected chi connectivity index (χ1v) is 13.0. The topological polar surface area (TPSA) is 124 Å². The molecule has 1 amide bonds. The summed E-state index contributed by atoms with van der Waals surface area (Å²) in [5, 5.41) is 10.5. The monoisotopic (exact) mass is 511 g/mol. The van der Waals surface area contributed by atoms with E-state index >= 15 is 0 Å². The zero-order chi connectivity index (χ0) is 25.5. The van der Waals surface area contributed by atoms with Gasteiger partial charge in [0.15, 0.2) is 0 Å². The minimum absolute atomic E-state index is 0.229. The van der Waals surface area contributed by atoms with Crippen LogP contribution in [0.1, 0.15) is 12.0 Å². The lowest BCUT2D eigenvalue weighted by atomic mass is 10.1. The van der Waals surface area contributed by atoms with Gasteiger partial charge in [0.2, 0.25) is 5.91 Å². The molecule has 0 radical (unpaired) electrons. The average Bonchev–Trinajstić information content (AvgIpc) is 3.36. The van der Waals surface area contributed by atoms with Gasteiger partial charge < -0.3 is 20.3 Å². The van der Waals surface area contributed by atoms with Crippen molar-refractivity contribution >= 4 is 22.0 Å². The molecule has 0 spiro atoms. The van der Waals surface area contributed by atoms with E-state index in [1.165, 1.54) is 36.7 Å². The number of benzene rings is 2. The minimum Gasteiger partial charge on any atom is -0.506 e. The summed E-state index contributed by atoms with van der Waals surface area (Å²) in [4.78, 5) is 13.0. The Balaban J connectivity index is 1.39. The summed E-state index contributed by atoms with van der Waals surface area (Å²) in [6.45, 7) is 5.08. The molecule has 36 heavy (non-hydrogen) atoms. The second-order valence-corrected chi connectivity index (χ2v) is 10.2. The fourth-order valence-electron chi connectivity index (χ4n) is 3.89. The molecule has 1 aliphatic heterocycles. The Morgan fingerprint density at radius 2 is 1.81 bits per heavy atom. The Kier molecular flexibility index (Phi) is 8.09. The number of nitrogens with two attached hydrogens (primary N) is 1. The number of rotatable bonds is 10. The van der Waals surface area contributed by atoms with Crippen molar-refractivity contribution in [3.05, 3.63) is 72.6 Å². The Morgan fingerprint density at radius 1 is 1.08 bits per heavy atom. The van der Waals surface area contributed by atoms with E-state index in [2.05, 4.69) is 4.90 Å². The average molecular weight is 512 g/mol. The van der Waals surface area contributed by atoms with Crippen LogP contribution in [0.3, 0.4) is 0 Å². The van der Waals surface area contributed by atoms with Gasteiger partial charge in [0.1, 0.15) is 16.4 Å². The van der Waals surface area contributed by atoms with Crippen molar-refractivity contribution in [2.24, 2.45) is 5.73 Å². The molecule has 1 saturated heterocycles. The first kappa shape index (κ1) is 25.5. The van der Waals surface area contributed by atoms with Crippen LogP contribution in [0, 0.1) is 0 Å². The van der Waals surface area contributed by atoms with E-state index in [1.807, 2.05) is 24.3 Å². The SMILES string of the molecule is NC(=O)/C=C/c1ccn(S(=O)(=O)c2ccc(-c3ccc(OCCCN4CCOCC4)cc3)cc2O)c1. The van der Waals surface area contributed by atoms with Gasteiger partial charge in [-0.3, -0.25) is 9.69 Å². The highest BCUT2D eigenvalue weighted by molar-refractivity contribution is 7.90. The number of aromatic hydroxyl groups is 1. The van der Waals surface area contributed by atoms with Gasteiger partial charge in [0, 0.05) is 38.1 Å². The number of primary amides is 1. The van der Waals surface area contributed by atoms with Gasteiger partial charge in [-0.2, -0.15) is 0 Å². The molecule has 4 rings (SSSR count). The molecule has 0 unspecified atom stereocenters. The molecule has 2 aromatic carbocycles. The molecule has 9 nitrogen and oxygen atoms in total. The zero-order valence-corrected chi connectivity index (χ0v) is 20.6. The molecule has 1 aromatic heterocycles. The largest absolute Gasteiger partial charge is 0.506 e. The number of carbonyl (C=O) groups excluding carboxylic acids is 1. The molecular weight excluding hydrogens is 482 g/mol. The van der Waals surface area contributed by atoms with Crippen molar-refractivity contribution in [3.8, 4) is 22.6 Å². The van der Waals surface area contributed by atoms with E-state index in [-0.39, 0.29) is 10.6 Å². The number of hydrogen-bond acceptors (Lipinski definition) is 7. The van der Waals surface area contributed by atoms with Crippen LogP contribution >= 0.6 is 0 Å². The maximum atomic E-state index is 13.0. The Morgan fingerprint density at radius 3 is 2.50 bits per heavy atom. The maximum Gasteiger partial charge on any atom is 0.271 e. The summed E-state index contributed by atoms with van der Waals surface area (Å²) in [5.41, 5.74) is 7.04. The highest BCUT2D eigenvalue weighted by atomic mass is 32.2. The number of carbonyl (C=O) groups is 1. The summed E-state index contributed by atoms with van der Waals surface area (Å²) in [5.74, 6) is -0.251. The molecule has 0 bridgehead atoms. The summed E-state index contributed by atoms with van der Waals surface area (Å²) in [6.07, 6.45) is 6.15. The standard InChI is InChI=1S/C26H29N3O6S/c27-26(31)9-2-20-10-12-29(19-20)36(32,33)25-8-5-22(18-24(25)30)21-3-6-23(7-4-21)35-15-1-11-28-13-16-34-17-14-28/h2-10,12,18-19,30H,1,11,13-17H2,(H2,27,31)/b9-2+. The van der Waals surface area contributed by atoms with Crippen LogP contribution in [0.15, 0.2) is 71.9 Å². The van der Waals surface area contributed by atoms with Crippen molar-refractivity contribution in [1.29, 1.82) is 0 Å². The van der Waals surface area contributed by atoms with E-state index < -0.39 is 15.9 Å². The normalized spacial score (nSPS) is 14.8. The molecule has 3 N–H and O–H groups in total. The lowest BCUT2D eigenvalue weighted by molar-refractivity contribution is -0.113.